The van der Waals surface area contributed by atoms with Crippen molar-refractivity contribution in [2.75, 3.05) is 7.11 Å². The molecule has 0 aliphatic rings. The molecular weight excluding hydrogens is 484 g/mol. The van der Waals surface area contributed by atoms with E-state index < -0.39 is 0 Å². The van der Waals surface area contributed by atoms with Crippen molar-refractivity contribution in [1.82, 2.24) is 0 Å². The van der Waals surface area contributed by atoms with E-state index in [-0.39, 0.29) is 54.2 Å². The SMILES string of the molecule is COc1ccc(C(=O)Cc2cccc(CC(=O)c3ccc(F)cc3)[n+]2C)cc1.[I-]. The van der Waals surface area contributed by atoms with Gasteiger partial charge in [-0.15, -0.1) is 0 Å². The third-order valence-corrected chi connectivity index (χ3v) is 4.70. The van der Waals surface area contributed by atoms with Gasteiger partial charge in [0.2, 0.25) is 0 Å². The second-order valence-corrected chi connectivity index (χ2v) is 6.50. The van der Waals surface area contributed by atoms with Gasteiger partial charge in [0.05, 0.1) is 20.0 Å². The first-order valence-corrected chi connectivity index (χ1v) is 8.90. The van der Waals surface area contributed by atoms with Crippen molar-refractivity contribution >= 4 is 11.6 Å². The maximum absolute atomic E-state index is 13.0. The summed E-state index contributed by atoms with van der Waals surface area (Å²) in [5, 5.41) is 0. The summed E-state index contributed by atoms with van der Waals surface area (Å²) in [5.74, 6) is 0.207. The van der Waals surface area contributed by atoms with Crippen molar-refractivity contribution in [3.05, 3.63) is 95.1 Å². The van der Waals surface area contributed by atoms with Gasteiger partial charge in [-0.1, -0.05) is 0 Å². The molecule has 1 heterocycles. The second kappa shape index (κ2) is 10.2. The molecule has 0 fully saturated rings. The zero-order valence-electron chi connectivity index (χ0n) is 16.2. The lowest BCUT2D eigenvalue weighted by Gasteiger charge is -2.06. The molecule has 3 aromatic rings. The van der Waals surface area contributed by atoms with Crippen LogP contribution in [0.3, 0.4) is 0 Å². The summed E-state index contributed by atoms with van der Waals surface area (Å²) in [6.07, 6.45) is 0.397. The Bertz CT molecular complexity index is 1000. The molecule has 4 nitrogen and oxygen atoms in total. The Morgan fingerprint density at radius 2 is 1.28 bits per heavy atom. The molecule has 0 radical (unpaired) electrons. The van der Waals surface area contributed by atoms with Crippen LogP contribution in [-0.4, -0.2) is 18.7 Å². The fourth-order valence-electron chi connectivity index (χ4n) is 2.98. The van der Waals surface area contributed by atoms with Crippen LogP contribution in [0.25, 0.3) is 0 Å². The number of carbonyl (C=O) groups excluding carboxylic acids is 2. The maximum atomic E-state index is 13.0. The van der Waals surface area contributed by atoms with Gasteiger partial charge < -0.3 is 28.7 Å². The fourth-order valence-corrected chi connectivity index (χ4v) is 2.98. The Kier molecular flexibility index (Phi) is 8.01. The first-order chi connectivity index (χ1) is 13.5. The van der Waals surface area contributed by atoms with Crippen LogP contribution in [0, 0.1) is 5.82 Å². The van der Waals surface area contributed by atoms with Crippen molar-refractivity contribution < 1.29 is 47.3 Å². The van der Waals surface area contributed by atoms with Crippen LogP contribution in [0.4, 0.5) is 4.39 Å². The van der Waals surface area contributed by atoms with E-state index in [2.05, 4.69) is 0 Å². The Labute approximate surface area is 186 Å². The quantitative estimate of drug-likeness (QED) is 0.267. The van der Waals surface area contributed by atoms with E-state index in [9.17, 15) is 14.0 Å². The van der Waals surface area contributed by atoms with E-state index in [1.165, 1.54) is 24.3 Å². The molecule has 29 heavy (non-hydrogen) atoms. The molecule has 2 aromatic carbocycles. The number of Topliss-reactive ketones (excluding diaryl/α,β-unsaturated/α-hetero) is 2. The molecule has 0 aliphatic heterocycles. The number of hydrogen-bond acceptors (Lipinski definition) is 3. The van der Waals surface area contributed by atoms with E-state index in [0.29, 0.717) is 16.9 Å². The lowest BCUT2D eigenvalue weighted by molar-refractivity contribution is -0.685. The minimum atomic E-state index is -0.374. The van der Waals surface area contributed by atoms with Gasteiger partial charge in [0, 0.05) is 23.3 Å². The summed E-state index contributed by atoms with van der Waals surface area (Å²) in [6.45, 7) is 0. The number of pyridine rings is 1. The van der Waals surface area contributed by atoms with Crippen LogP contribution in [0.1, 0.15) is 32.1 Å². The molecule has 0 aliphatic carbocycles. The summed E-state index contributed by atoms with van der Waals surface area (Å²) in [6, 6.07) is 18.1. The molecule has 0 saturated carbocycles. The predicted octanol–water partition coefficient (Wildman–Crippen LogP) is 0.514. The van der Waals surface area contributed by atoms with Gasteiger partial charge in [-0.2, -0.15) is 0 Å². The van der Waals surface area contributed by atoms with Gasteiger partial charge in [-0.3, -0.25) is 9.59 Å². The van der Waals surface area contributed by atoms with E-state index >= 15 is 0 Å². The van der Waals surface area contributed by atoms with E-state index in [4.69, 9.17) is 4.74 Å². The number of aromatic nitrogens is 1. The Hall–Kier alpha value is -2.61. The highest BCUT2D eigenvalue weighted by molar-refractivity contribution is 5.97. The summed E-state index contributed by atoms with van der Waals surface area (Å²) < 4.78 is 20.0. The lowest BCUT2D eigenvalue weighted by atomic mass is 10.0. The van der Waals surface area contributed by atoms with Crippen molar-refractivity contribution in [3.8, 4) is 5.75 Å². The van der Waals surface area contributed by atoms with Crippen molar-refractivity contribution in [2.24, 2.45) is 7.05 Å². The van der Waals surface area contributed by atoms with Crippen LogP contribution >= 0.6 is 0 Å². The largest absolute Gasteiger partial charge is 1.00 e. The van der Waals surface area contributed by atoms with Crippen molar-refractivity contribution in [2.45, 2.75) is 12.8 Å². The summed E-state index contributed by atoms with van der Waals surface area (Å²) in [5.41, 5.74) is 2.66. The number of nitrogens with zero attached hydrogens (tertiary/aromatic N) is 1. The fraction of sp³-hybridized carbons (Fsp3) is 0.174. The number of rotatable bonds is 7. The molecule has 0 spiro atoms. The predicted molar refractivity (Wildman–Crippen MR) is 103 cm³/mol. The molecule has 0 bridgehead atoms. The zero-order chi connectivity index (χ0) is 20.1. The van der Waals surface area contributed by atoms with Crippen LogP contribution in [0.5, 0.6) is 5.75 Å². The minimum absolute atomic E-state index is 0. The monoisotopic (exact) mass is 505 g/mol. The van der Waals surface area contributed by atoms with Crippen LogP contribution in [0.2, 0.25) is 0 Å². The van der Waals surface area contributed by atoms with Gasteiger partial charge in [0.25, 0.3) is 0 Å². The third kappa shape index (κ3) is 5.69. The highest BCUT2D eigenvalue weighted by Crippen LogP contribution is 2.13. The molecule has 0 N–H and O–H groups in total. The highest BCUT2D eigenvalue weighted by atomic mass is 127. The summed E-state index contributed by atoms with van der Waals surface area (Å²) >= 11 is 0. The first-order valence-electron chi connectivity index (χ1n) is 8.90. The topological polar surface area (TPSA) is 47.3 Å². The average Bonchev–Trinajstić information content (AvgIpc) is 2.71. The van der Waals surface area contributed by atoms with E-state index in [0.717, 1.165) is 11.4 Å². The number of halogens is 2. The number of hydrogen-bond donors (Lipinski definition) is 0. The smallest absolute Gasteiger partial charge is 0.189 e. The third-order valence-electron chi connectivity index (χ3n) is 4.70. The second-order valence-electron chi connectivity index (χ2n) is 6.50. The Balaban J connectivity index is 0.00000300. The van der Waals surface area contributed by atoms with Gasteiger partial charge in [-0.25, -0.2) is 8.96 Å². The molecule has 150 valence electrons. The lowest BCUT2D eigenvalue weighted by Crippen LogP contribution is -3.00. The maximum Gasteiger partial charge on any atom is 0.189 e. The summed E-state index contributed by atoms with van der Waals surface area (Å²) in [7, 11) is 3.42. The van der Waals surface area contributed by atoms with Gasteiger partial charge in [-0.05, 0) is 54.6 Å². The number of methoxy groups -OCH3 is 1. The van der Waals surface area contributed by atoms with Crippen LogP contribution < -0.4 is 33.3 Å². The van der Waals surface area contributed by atoms with E-state index in [1.54, 1.807) is 31.4 Å². The van der Waals surface area contributed by atoms with Crippen molar-refractivity contribution in [3.63, 3.8) is 0 Å². The van der Waals surface area contributed by atoms with E-state index in [1.807, 2.05) is 29.8 Å². The molecular formula is C23H21FINO3. The summed E-state index contributed by atoms with van der Waals surface area (Å²) in [4.78, 5) is 25.1. The molecule has 0 atom stereocenters. The number of carbonyl (C=O) groups is 2. The number of ether oxygens (including phenoxy) is 1. The van der Waals surface area contributed by atoms with Crippen LogP contribution in [0.15, 0.2) is 66.7 Å². The van der Waals surface area contributed by atoms with Gasteiger partial charge in [0.1, 0.15) is 18.6 Å². The average molecular weight is 505 g/mol. The highest BCUT2D eigenvalue weighted by Gasteiger charge is 2.19. The zero-order valence-corrected chi connectivity index (χ0v) is 18.4. The normalized spacial score (nSPS) is 10.2. The standard InChI is InChI=1S/C23H21FNO3.HI/c1-25-19(14-22(26)16-6-10-18(24)11-7-16)4-3-5-20(25)15-23(27)17-8-12-21(28-2)13-9-17;/h3-13H,14-15H2,1-2H3;1H/q+1;/p-1. The van der Waals surface area contributed by atoms with Gasteiger partial charge >= 0.3 is 0 Å². The molecule has 0 unspecified atom stereocenters. The molecule has 0 amide bonds. The first kappa shape index (κ1) is 22.7. The van der Waals surface area contributed by atoms with Crippen LogP contribution in [-0.2, 0) is 19.9 Å². The number of ketones is 2. The number of benzene rings is 2. The molecule has 0 saturated heterocycles. The molecule has 1 aromatic heterocycles. The molecule has 3 rings (SSSR count). The Morgan fingerprint density at radius 1 is 0.828 bits per heavy atom. The minimum Gasteiger partial charge on any atom is -1.00 e. The Morgan fingerprint density at radius 3 is 1.72 bits per heavy atom. The van der Waals surface area contributed by atoms with Crippen molar-refractivity contribution in [1.29, 1.82) is 0 Å². The molecule has 6 heteroatoms. The van der Waals surface area contributed by atoms with Gasteiger partial charge in [0.15, 0.2) is 23.0 Å².